The summed E-state index contributed by atoms with van der Waals surface area (Å²) in [5, 5.41) is 10.2. The third-order valence-corrected chi connectivity index (χ3v) is 4.80. The van der Waals surface area contributed by atoms with Gasteiger partial charge < -0.3 is 15.7 Å². The van der Waals surface area contributed by atoms with Crippen LogP contribution in [0.4, 0.5) is 11.8 Å². The standard InChI is InChI=1S/C14H20N4OS/c1-9-8-11-12(16-14(15)17-13(11)20-9)18(6-3-7-19)10-4-2-5-10/h8,10,19H,2-7H2,1H3,(H2,15,16,17). The number of thiophene rings is 1. The van der Waals surface area contributed by atoms with Crippen LogP contribution in [0.15, 0.2) is 6.07 Å². The van der Waals surface area contributed by atoms with Crippen LogP contribution in [0.5, 0.6) is 0 Å². The van der Waals surface area contributed by atoms with Crippen molar-refractivity contribution >= 4 is 33.3 Å². The molecule has 0 aliphatic heterocycles. The number of rotatable bonds is 5. The number of aromatic nitrogens is 2. The number of hydrogen-bond acceptors (Lipinski definition) is 6. The number of nitrogens with zero attached hydrogens (tertiary/aromatic N) is 3. The molecule has 2 aromatic rings. The van der Waals surface area contributed by atoms with E-state index in [-0.39, 0.29) is 6.61 Å². The summed E-state index contributed by atoms with van der Waals surface area (Å²) in [4.78, 5) is 13.3. The lowest BCUT2D eigenvalue weighted by Crippen LogP contribution is -2.41. The van der Waals surface area contributed by atoms with Crippen LogP contribution >= 0.6 is 11.3 Å². The lowest BCUT2D eigenvalue weighted by atomic mass is 9.91. The summed E-state index contributed by atoms with van der Waals surface area (Å²) in [6, 6.07) is 2.67. The van der Waals surface area contributed by atoms with E-state index in [4.69, 9.17) is 10.8 Å². The predicted octanol–water partition coefficient (Wildman–Crippen LogP) is 2.32. The number of aryl methyl sites for hydroxylation is 1. The topological polar surface area (TPSA) is 75.3 Å². The van der Waals surface area contributed by atoms with Crippen LogP contribution in [-0.2, 0) is 0 Å². The van der Waals surface area contributed by atoms with Crippen molar-refractivity contribution in [1.29, 1.82) is 0 Å². The van der Waals surface area contributed by atoms with Gasteiger partial charge >= 0.3 is 0 Å². The zero-order valence-corrected chi connectivity index (χ0v) is 12.5. The number of hydrogen-bond donors (Lipinski definition) is 2. The van der Waals surface area contributed by atoms with Crippen LogP contribution in [0.3, 0.4) is 0 Å². The number of fused-ring (bicyclic) bond motifs is 1. The van der Waals surface area contributed by atoms with Crippen molar-refractivity contribution < 1.29 is 5.11 Å². The molecule has 6 heteroatoms. The van der Waals surface area contributed by atoms with Crippen LogP contribution in [0.2, 0.25) is 0 Å². The number of nitrogens with two attached hydrogens (primary N) is 1. The Morgan fingerprint density at radius 1 is 1.45 bits per heavy atom. The molecule has 1 aliphatic rings. The van der Waals surface area contributed by atoms with Gasteiger partial charge in [-0.15, -0.1) is 11.3 Å². The molecule has 0 bridgehead atoms. The van der Waals surface area contributed by atoms with E-state index >= 15 is 0 Å². The number of anilines is 2. The molecule has 0 atom stereocenters. The molecule has 1 fully saturated rings. The van der Waals surface area contributed by atoms with Gasteiger partial charge in [-0.3, -0.25) is 0 Å². The van der Waals surface area contributed by atoms with Crippen molar-refractivity contribution in [1.82, 2.24) is 9.97 Å². The first kappa shape index (κ1) is 13.6. The van der Waals surface area contributed by atoms with E-state index < -0.39 is 0 Å². The fourth-order valence-corrected chi connectivity index (χ4v) is 3.54. The molecule has 3 N–H and O–H groups in total. The minimum Gasteiger partial charge on any atom is -0.396 e. The molecule has 0 unspecified atom stereocenters. The van der Waals surface area contributed by atoms with Gasteiger partial charge in [-0.2, -0.15) is 4.98 Å². The summed E-state index contributed by atoms with van der Waals surface area (Å²) < 4.78 is 0. The van der Waals surface area contributed by atoms with Crippen LogP contribution in [0.25, 0.3) is 10.2 Å². The van der Waals surface area contributed by atoms with Gasteiger partial charge in [0.1, 0.15) is 10.6 Å². The van der Waals surface area contributed by atoms with Crippen molar-refractivity contribution in [2.75, 3.05) is 23.8 Å². The molecular formula is C14H20N4OS. The largest absolute Gasteiger partial charge is 0.396 e. The Kier molecular flexibility index (Phi) is 3.76. The van der Waals surface area contributed by atoms with Gasteiger partial charge in [0.25, 0.3) is 0 Å². The quantitative estimate of drug-likeness (QED) is 0.884. The average Bonchev–Trinajstić information content (AvgIpc) is 2.71. The summed E-state index contributed by atoms with van der Waals surface area (Å²) in [5.74, 6) is 1.28. The first-order valence-corrected chi connectivity index (χ1v) is 7.92. The van der Waals surface area contributed by atoms with E-state index in [2.05, 4.69) is 27.9 Å². The molecule has 0 amide bonds. The maximum atomic E-state index is 9.12. The van der Waals surface area contributed by atoms with E-state index in [0.29, 0.717) is 12.0 Å². The third-order valence-electron chi connectivity index (χ3n) is 3.86. The molecule has 5 nitrogen and oxygen atoms in total. The fraction of sp³-hybridized carbons (Fsp3) is 0.571. The molecule has 1 saturated carbocycles. The molecule has 3 rings (SSSR count). The molecule has 1 aliphatic carbocycles. The van der Waals surface area contributed by atoms with Crippen molar-refractivity contribution in [2.45, 2.75) is 38.6 Å². The van der Waals surface area contributed by atoms with Gasteiger partial charge in [-0.1, -0.05) is 0 Å². The highest BCUT2D eigenvalue weighted by atomic mass is 32.1. The summed E-state index contributed by atoms with van der Waals surface area (Å²) >= 11 is 1.65. The van der Waals surface area contributed by atoms with Gasteiger partial charge in [-0.05, 0) is 38.7 Å². The first-order chi connectivity index (χ1) is 9.69. The van der Waals surface area contributed by atoms with Crippen molar-refractivity contribution in [3.05, 3.63) is 10.9 Å². The summed E-state index contributed by atoms with van der Waals surface area (Å²) in [7, 11) is 0. The Labute approximate surface area is 122 Å². The van der Waals surface area contributed by atoms with Gasteiger partial charge in [-0.25, -0.2) is 4.98 Å². The second-order valence-corrected chi connectivity index (χ2v) is 6.57. The Hall–Kier alpha value is -1.40. The number of aliphatic hydroxyl groups excluding tert-OH is 1. The van der Waals surface area contributed by atoms with E-state index in [9.17, 15) is 0 Å². The number of nitrogen functional groups attached to an aromatic ring is 1. The zero-order valence-electron chi connectivity index (χ0n) is 11.7. The molecule has 0 spiro atoms. The molecule has 108 valence electrons. The van der Waals surface area contributed by atoms with E-state index in [1.165, 1.54) is 24.1 Å². The van der Waals surface area contributed by atoms with Crippen molar-refractivity contribution in [3.8, 4) is 0 Å². The lowest BCUT2D eigenvalue weighted by molar-refractivity contribution is 0.282. The molecule has 2 heterocycles. The molecule has 0 saturated heterocycles. The van der Waals surface area contributed by atoms with Gasteiger partial charge in [0, 0.05) is 24.1 Å². The monoisotopic (exact) mass is 292 g/mol. The molecule has 2 aromatic heterocycles. The Bertz CT molecular complexity index is 608. The summed E-state index contributed by atoms with van der Waals surface area (Å²) in [6.07, 6.45) is 4.41. The smallest absolute Gasteiger partial charge is 0.223 e. The molecular weight excluding hydrogens is 272 g/mol. The van der Waals surface area contributed by atoms with E-state index in [1.807, 2.05) is 0 Å². The van der Waals surface area contributed by atoms with Crippen LogP contribution in [-0.4, -0.2) is 34.3 Å². The molecule has 0 aromatic carbocycles. The zero-order chi connectivity index (χ0) is 14.1. The number of aliphatic hydroxyl groups is 1. The SMILES string of the molecule is Cc1cc2c(N(CCCO)C3CCC3)nc(N)nc2s1. The van der Waals surface area contributed by atoms with Crippen molar-refractivity contribution in [3.63, 3.8) is 0 Å². The van der Waals surface area contributed by atoms with Gasteiger partial charge in [0.15, 0.2) is 0 Å². The predicted molar refractivity (Wildman–Crippen MR) is 83.3 cm³/mol. The summed E-state index contributed by atoms with van der Waals surface area (Å²) in [6.45, 7) is 3.10. The second kappa shape index (κ2) is 5.54. The Balaban J connectivity index is 2.03. The second-order valence-electron chi connectivity index (χ2n) is 5.34. The minimum atomic E-state index is 0.204. The van der Waals surface area contributed by atoms with Crippen LogP contribution in [0.1, 0.15) is 30.6 Å². The third kappa shape index (κ3) is 2.45. The highest BCUT2D eigenvalue weighted by Gasteiger charge is 2.27. The first-order valence-electron chi connectivity index (χ1n) is 7.10. The highest BCUT2D eigenvalue weighted by molar-refractivity contribution is 7.18. The van der Waals surface area contributed by atoms with Crippen LogP contribution in [0, 0.1) is 6.92 Å². The average molecular weight is 292 g/mol. The summed E-state index contributed by atoms with van der Waals surface area (Å²) in [5.41, 5.74) is 5.87. The molecule has 20 heavy (non-hydrogen) atoms. The Morgan fingerprint density at radius 2 is 2.25 bits per heavy atom. The van der Waals surface area contributed by atoms with Crippen LogP contribution < -0.4 is 10.6 Å². The van der Waals surface area contributed by atoms with E-state index in [1.54, 1.807) is 11.3 Å². The van der Waals surface area contributed by atoms with Gasteiger partial charge in [0.2, 0.25) is 5.95 Å². The fourth-order valence-electron chi connectivity index (χ4n) is 2.66. The Morgan fingerprint density at radius 3 is 2.90 bits per heavy atom. The van der Waals surface area contributed by atoms with E-state index in [0.717, 1.165) is 29.0 Å². The minimum absolute atomic E-state index is 0.204. The maximum Gasteiger partial charge on any atom is 0.223 e. The normalized spacial score (nSPS) is 15.5. The molecule has 0 radical (unpaired) electrons. The van der Waals surface area contributed by atoms with Gasteiger partial charge in [0.05, 0.1) is 5.39 Å². The van der Waals surface area contributed by atoms with Crippen molar-refractivity contribution in [2.24, 2.45) is 0 Å². The maximum absolute atomic E-state index is 9.12. The highest BCUT2D eigenvalue weighted by Crippen LogP contribution is 2.35. The lowest BCUT2D eigenvalue weighted by Gasteiger charge is -2.38.